The molecule has 0 saturated carbocycles. The lowest BCUT2D eigenvalue weighted by Gasteiger charge is -2.39. The zero-order chi connectivity index (χ0) is 20.9. The number of nitrogens with one attached hydrogen (secondary N) is 1. The number of amides is 1. The molecule has 1 N–H and O–H groups in total. The van der Waals surface area contributed by atoms with Gasteiger partial charge in [-0.3, -0.25) is 9.69 Å². The molecule has 6 nitrogen and oxygen atoms in total. The van der Waals surface area contributed by atoms with Crippen LogP contribution in [0.25, 0.3) is 0 Å². The summed E-state index contributed by atoms with van der Waals surface area (Å²) in [6.07, 6.45) is 6.39. The number of piperidine rings is 1. The summed E-state index contributed by atoms with van der Waals surface area (Å²) in [6.45, 7) is 3.84. The van der Waals surface area contributed by atoms with Gasteiger partial charge in [-0.05, 0) is 75.0 Å². The molecule has 2 aliphatic rings. The zero-order valence-corrected chi connectivity index (χ0v) is 18.0. The Morgan fingerprint density at radius 3 is 2.53 bits per heavy atom. The highest BCUT2D eigenvalue weighted by atomic mass is 16.5. The number of aromatic nitrogens is 1. The number of nitrogens with zero attached hydrogens (tertiary/aromatic N) is 3. The van der Waals surface area contributed by atoms with Crippen LogP contribution in [0.5, 0.6) is 5.75 Å². The number of carbonyl (C=O) groups is 1. The van der Waals surface area contributed by atoms with Crippen LogP contribution in [0.4, 0.5) is 5.82 Å². The van der Waals surface area contributed by atoms with Gasteiger partial charge >= 0.3 is 0 Å². The molecule has 4 rings (SSSR count). The fourth-order valence-electron chi connectivity index (χ4n) is 4.78. The summed E-state index contributed by atoms with van der Waals surface area (Å²) in [4.78, 5) is 21.9. The summed E-state index contributed by atoms with van der Waals surface area (Å²) in [5, 5.41) is 3.16. The Balaban J connectivity index is 1.39. The second kappa shape index (κ2) is 9.47. The lowest BCUT2D eigenvalue weighted by Crippen LogP contribution is -2.41. The molecule has 1 amide bonds. The van der Waals surface area contributed by atoms with Gasteiger partial charge < -0.3 is 15.0 Å². The number of carbonyl (C=O) groups excluding carboxylic acids is 1. The summed E-state index contributed by atoms with van der Waals surface area (Å²) in [5.41, 5.74) is 1.90. The Morgan fingerprint density at radius 2 is 1.87 bits per heavy atom. The molecule has 0 aliphatic carbocycles. The maximum atomic E-state index is 12.7. The van der Waals surface area contributed by atoms with Crippen LogP contribution >= 0.6 is 0 Å². The van der Waals surface area contributed by atoms with Crippen molar-refractivity contribution in [2.45, 2.75) is 31.7 Å². The molecule has 0 bridgehead atoms. The van der Waals surface area contributed by atoms with Crippen LogP contribution in [0.15, 0.2) is 42.6 Å². The molecular weight excluding hydrogens is 376 g/mol. The first-order valence-electron chi connectivity index (χ1n) is 11.0. The van der Waals surface area contributed by atoms with E-state index in [9.17, 15) is 4.79 Å². The van der Waals surface area contributed by atoms with Crippen LogP contribution in [-0.2, 0) is 0 Å². The SMILES string of the molecule is COc1ccc(C2C(CNC(=O)c3ccc(N4CCCC4)nc3)CCCN2C)cc1. The standard InChI is InChI=1S/C24H32N4O2/c1-27-13-5-6-19(23(27)18-7-10-21(30-2)11-8-18)16-26-24(29)20-9-12-22(25-17-20)28-14-3-4-15-28/h7-12,17,19,23H,3-6,13-16H2,1-2H3,(H,26,29). The number of rotatable bonds is 6. The predicted molar refractivity (Wildman–Crippen MR) is 119 cm³/mol. The number of hydrogen-bond acceptors (Lipinski definition) is 5. The molecule has 2 aromatic rings. The topological polar surface area (TPSA) is 57.7 Å². The largest absolute Gasteiger partial charge is 0.497 e. The van der Waals surface area contributed by atoms with E-state index in [2.05, 4.69) is 39.3 Å². The van der Waals surface area contributed by atoms with E-state index in [0.717, 1.165) is 44.0 Å². The smallest absolute Gasteiger partial charge is 0.252 e. The highest BCUT2D eigenvalue weighted by molar-refractivity contribution is 5.94. The molecule has 2 unspecified atom stereocenters. The highest BCUT2D eigenvalue weighted by Crippen LogP contribution is 2.35. The summed E-state index contributed by atoms with van der Waals surface area (Å²) in [6, 6.07) is 12.5. The van der Waals surface area contributed by atoms with E-state index in [-0.39, 0.29) is 5.91 Å². The second-order valence-corrected chi connectivity index (χ2v) is 8.41. The van der Waals surface area contributed by atoms with Gasteiger partial charge in [0.25, 0.3) is 5.91 Å². The number of benzene rings is 1. The van der Waals surface area contributed by atoms with Gasteiger partial charge in [-0.15, -0.1) is 0 Å². The van der Waals surface area contributed by atoms with E-state index >= 15 is 0 Å². The number of ether oxygens (including phenoxy) is 1. The molecule has 2 aliphatic heterocycles. The summed E-state index contributed by atoms with van der Waals surface area (Å²) >= 11 is 0. The molecule has 3 heterocycles. The fraction of sp³-hybridized carbons (Fsp3) is 0.500. The number of methoxy groups -OCH3 is 1. The minimum atomic E-state index is -0.0443. The van der Waals surface area contributed by atoms with Crippen LogP contribution in [-0.4, -0.2) is 56.1 Å². The van der Waals surface area contributed by atoms with E-state index < -0.39 is 0 Å². The fourth-order valence-corrected chi connectivity index (χ4v) is 4.78. The number of pyridine rings is 1. The molecule has 1 aromatic carbocycles. The molecular formula is C24H32N4O2. The Hall–Kier alpha value is -2.60. The van der Waals surface area contributed by atoms with E-state index in [1.54, 1.807) is 13.3 Å². The molecule has 2 saturated heterocycles. The maximum Gasteiger partial charge on any atom is 0.252 e. The first kappa shape index (κ1) is 20.7. The summed E-state index contributed by atoms with van der Waals surface area (Å²) < 4.78 is 5.30. The van der Waals surface area contributed by atoms with Crippen molar-refractivity contribution in [3.63, 3.8) is 0 Å². The van der Waals surface area contributed by atoms with Crippen molar-refractivity contribution in [3.8, 4) is 5.75 Å². The van der Waals surface area contributed by atoms with Gasteiger partial charge in [0.2, 0.25) is 0 Å². The molecule has 0 spiro atoms. The maximum absolute atomic E-state index is 12.7. The van der Waals surface area contributed by atoms with Crippen molar-refractivity contribution in [2.24, 2.45) is 5.92 Å². The van der Waals surface area contributed by atoms with Gasteiger partial charge in [0, 0.05) is 31.9 Å². The van der Waals surface area contributed by atoms with Gasteiger partial charge in [0.05, 0.1) is 12.7 Å². The Morgan fingerprint density at radius 1 is 1.10 bits per heavy atom. The second-order valence-electron chi connectivity index (χ2n) is 8.41. The zero-order valence-electron chi connectivity index (χ0n) is 18.0. The summed E-state index contributed by atoms with van der Waals surface area (Å²) in [5.74, 6) is 2.17. The minimum absolute atomic E-state index is 0.0443. The van der Waals surface area contributed by atoms with E-state index in [1.165, 1.54) is 18.4 Å². The predicted octanol–water partition coefficient (Wildman–Crippen LogP) is 3.50. The normalized spacial score (nSPS) is 22.1. The minimum Gasteiger partial charge on any atom is -0.497 e. The van der Waals surface area contributed by atoms with Crippen molar-refractivity contribution in [3.05, 3.63) is 53.7 Å². The third-order valence-corrected chi connectivity index (χ3v) is 6.43. The monoisotopic (exact) mass is 408 g/mol. The molecule has 160 valence electrons. The van der Waals surface area contributed by atoms with Crippen LogP contribution < -0.4 is 15.0 Å². The van der Waals surface area contributed by atoms with Crippen molar-refractivity contribution in [1.82, 2.24) is 15.2 Å². The van der Waals surface area contributed by atoms with E-state index in [1.807, 2.05) is 24.3 Å². The summed E-state index contributed by atoms with van der Waals surface area (Å²) in [7, 11) is 3.86. The van der Waals surface area contributed by atoms with Crippen LogP contribution in [0.1, 0.15) is 47.6 Å². The van der Waals surface area contributed by atoms with Crippen LogP contribution in [0.3, 0.4) is 0 Å². The van der Waals surface area contributed by atoms with Crippen LogP contribution in [0.2, 0.25) is 0 Å². The Bertz CT molecular complexity index is 831. The van der Waals surface area contributed by atoms with E-state index in [0.29, 0.717) is 24.1 Å². The molecule has 1 aromatic heterocycles. The Kier molecular flexibility index (Phi) is 6.53. The first-order valence-corrected chi connectivity index (χ1v) is 11.0. The van der Waals surface area contributed by atoms with Gasteiger partial charge in [0.15, 0.2) is 0 Å². The number of likely N-dealkylation sites (tertiary alicyclic amines) is 1. The number of hydrogen-bond donors (Lipinski definition) is 1. The molecule has 30 heavy (non-hydrogen) atoms. The van der Waals surface area contributed by atoms with Gasteiger partial charge in [-0.1, -0.05) is 12.1 Å². The lowest BCUT2D eigenvalue weighted by molar-refractivity contribution is 0.0891. The van der Waals surface area contributed by atoms with Crippen molar-refractivity contribution >= 4 is 11.7 Å². The van der Waals surface area contributed by atoms with Crippen molar-refractivity contribution in [2.75, 3.05) is 45.2 Å². The molecule has 2 fully saturated rings. The molecule has 6 heteroatoms. The Labute approximate surface area is 179 Å². The van der Waals surface area contributed by atoms with E-state index in [4.69, 9.17) is 4.74 Å². The van der Waals surface area contributed by atoms with Gasteiger partial charge in [-0.25, -0.2) is 4.98 Å². The van der Waals surface area contributed by atoms with Crippen LogP contribution in [0, 0.1) is 5.92 Å². The quantitative estimate of drug-likeness (QED) is 0.793. The third kappa shape index (κ3) is 4.59. The van der Waals surface area contributed by atoms with Crippen molar-refractivity contribution < 1.29 is 9.53 Å². The number of anilines is 1. The average Bonchev–Trinajstić information content (AvgIpc) is 3.33. The third-order valence-electron chi connectivity index (χ3n) is 6.43. The van der Waals surface area contributed by atoms with Gasteiger partial charge in [-0.2, -0.15) is 0 Å². The van der Waals surface area contributed by atoms with Crippen molar-refractivity contribution in [1.29, 1.82) is 0 Å². The molecule has 2 atom stereocenters. The molecule has 0 radical (unpaired) electrons. The van der Waals surface area contributed by atoms with Gasteiger partial charge in [0.1, 0.15) is 11.6 Å². The first-order chi connectivity index (χ1) is 14.7. The average molecular weight is 409 g/mol. The lowest BCUT2D eigenvalue weighted by atomic mass is 9.85. The highest BCUT2D eigenvalue weighted by Gasteiger charge is 2.30.